The third kappa shape index (κ3) is 2.64. The van der Waals surface area contributed by atoms with Crippen molar-refractivity contribution in [2.75, 3.05) is 7.11 Å². The van der Waals surface area contributed by atoms with Crippen molar-refractivity contribution in [3.05, 3.63) is 0 Å². The number of hydrogen-bond donors (Lipinski definition) is 0. The molecule has 25 heavy (non-hydrogen) atoms. The normalized spacial score (nSPS) is 47.3. The van der Waals surface area contributed by atoms with Gasteiger partial charge in [-0.15, -0.1) is 0 Å². The molecule has 2 aliphatic carbocycles. The summed E-state index contributed by atoms with van der Waals surface area (Å²) in [6, 6.07) is 0. The molecule has 2 bridgehead atoms. The lowest BCUT2D eigenvalue weighted by molar-refractivity contribution is -0.216. The Bertz CT molecular complexity index is 544. The summed E-state index contributed by atoms with van der Waals surface area (Å²) in [5.41, 5.74) is -0.313. The first-order valence-electron chi connectivity index (χ1n) is 9.87. The lowest BCUT2D eigenvalue weighted by Crippen LogP contribution is -2.54. The van der Waals surface area contributed by atoms with Gasteiger partial charge in [0.2, 0.25) is 0 Å². The number of hydrogen-bond acceptors (Lipinski definition) is 6. The minimum absolute atomic E-state index is 0.0389. The molecule has 6 nitrogen and oxygen atoms in total. The summed E-state index contributed by atoms with van der Waals surface area (Å²) in [5, 5.41) is 0. The van der Waals surface area contributed by atoms with Crippen molar-refractivity contribution >= 4 is 5.97 Å². The Labute approximate surface area is 148 Å². The number of rotatable bonds is 2. The molecule has 5 aliphatic rings. The monoisotopic (exact) mass is 352 g/mol. The lowest BCUT2D eigenvalue weighted by Gasteiger charge is -2.44. The Kier molecular flexibility index (Phi) is 3.90. The Morgan fingerprint density at radius 1 is 1.04 bits per heavy atom. The van der Waals surface area contributed by atoms with E-state index < -0.39 is 0 Å². The molecule has 0 amide bonds. The van der Waals surface area contributed by atoms with Gasteiger partial charge in [-0.2, -0.15) is 0 Å². The summed E-state index contributed by atoms with van der Waals surface area (Å²) in [6.07, 6.45) is 9.57. The van der Waals surface area contributed by atoms with Crippen LogP contribution in [0.4, 0.5) is 0 Å². The molecule has 1 unspecified atom stereocenters. The van der Waals surface area contributed by atoms with Crippen LogP contribution in [-0.4, -0.2) is 55.0 Å². The van der Waals surface area contributed by atoms with Crippen LogP contribution in [0.25, 0.3) is 0 Å². The van der Waals surface area contributed by atoms with Gasteiger partial charge in [-0.25, -0.2) is 0 Å². The van der Waals surface area contributed by atoms with Crippen LogP contribution < -0.4 is 0 Å². The van der Waals surface area contributed by atoms with Gasteiger partial charge in [0, 0.05) is 25.7 Å². The first-order valence-corrected chi connectivity index (χ1v) is 9.87. The van der Waals surface area contributed by atoms with E-state index in [0.29, 0.717) is 6.42 Å². The predicted octanol–water partition coefficient (Wildman–Crippen LogP) is 2.47. The number of carbonyl (C=O) groups is 1. The maximum atomic E-state index is 11.6. The SMILES string of the molecule is COC(=O)C[C@H]1CC[C@@H]2O[C@@H]3C[C@]2(CC2OC4(CCCCC4)O[C@H]23)O1. The second kappa shape index (κ2) is 5.91. The number of ether oxygens (including phenoxy) is 5. The molecule has 5 fully saturated rings. The van der Waals surface area contributed by atoms with Crippen LogP contribution in [0.2, 0.25) is 0 Å². The van der Waals surface area contributed by atoms with E-state index >= 15 is 0 Å². The van der Waals surface area contributed by atoms with Crippen molar-refractivity contribution < 1.29 is 28.5 Å². The van der Waals surface area contributed by atoms with Crippen LogP contribution in [0.3, 0.4) is 0 Å². The second-order valence-electron chi connectivity index (χ2n) is 8.44. The summed E-state index contributed by atoms with van der Waals surface area (Å²) >= 11 is 0. The summed E-state index contributed by atoms with van der Waals surface area (Å²) in [4.78, 5) is 11.6. The molecule has 3 aliphatic heterocycles. The largest absolute Gasteiger partial charge is 0.469 e. The molecule has 3 heterocycles. The smallest absolute Gasteiger partial charge is 0.308 e. The lowest BCUT2D eigenvalue weighted by atomic mass is 9.76. The number of carbonyl (C=O) groups excluding carboxylic acids is 1. The zero-order valence-corrected chi connectivity index (χ0v) is 14.9. The molecule has 2 saturated carbocycles. The topological polar surface area (TPSA) is 63.2 Å². The minimum Gasteiger partial charge on any atom is -0.469 e. The van der Waals surface area contributed by atoms with E-state index in [1.54, 1.807) is 0 Å². The maximum Gasteiger partial charge on any atom is 0.308 e. The molecule has 5 rings (SSSR count). The molecular formula is C19H28O6. The Hall–Kier alpha value is -0.690. The van der Waals surface area contributed by atoms with Crippen LogP contribution in [0.1, 0.15) is 64.2 Å². The molecule has 2 spiro atoms. The fourth-order valence-electron chi connectivity index (χ4n) is 5.74. The zero-order chi connectivity index (χ0) is 17.1. The average Bonchev–Trinajstić information content (AvgIpc) is 3.11. The summed E-state index contributed by atoms with van der Waals surface area (Å²) in [5.74, 6) is -0.584. The fraction of sp³-hybridized carbons (Fsp3) is 0.947. The molecular weight excluding hydrogens is 324 g/mol. The molecule has 0 aromatic rings. The summed E-state index contributed by atoms with van der Waals surface area (Å²) < 4.78 is 30.6. The van der Waals surface area contributed by atoms with Gasteiger partial charge >= 0.3 is 5.97 Å². The van der Waals surface area contributed by atoms with Crippen LogP contribution in [-0.2, 0) is 28.5 Å². The van der Waals surface area contributed by atoms with Crippen LogP contribution in [0.5, 0.6) is 0 Å². The van der Waals surface area contributed by atoms with E-state index in [9.17, 15) is 4.79 Å². The highest BCUT2D eigenvalue weighted by Gasteiger charge is 2.65. The molecule has 0 N–H and O–H groups in total. The van der Waals surface area contributed by atoms with Crippen LogP contribution >= 0.6 is 0 Å². The van der Waals surface area contributed by atoms with Gasteiger partial charge in [0.1, 0.15) is 6.10 Å². The highest BCUT2D eigenvalue weighted by Crippen LogP contribution is 2.55. The average molecular weight is 352 g/mol. The maximum absolute atomic E-state index is 11.6. The van der Waals surface area contributed by atoms with E-state index in [1.807, 2.05) is 0 Å². The van der Waals surface area contributed by atoms with Crippen molar-refractivity contribution in [1.29, 1.82) is 0 Å². The van der Waals surface area contributed by atoms with Crippen molar-refractivity contribution in [1.82, 2.24) is 0 Å². The van der Waals surface area contributed by atoms with E-state index in [-0.39, 0.29) is 47.9 Å². The minimum atomic E-state index is -0.381. The number of fused-ring (bicyclic) bond motifs is 3. The molecule has 0 aromatic heterocycles. The number of methoxy groups -OCH3 is 1. The zero-order valence-electron chi connectivity index (χ0n) is 14.9. The van der Waals surface area contributed by atoms with Gasteiger partial charge in [0.15, 0.2) is 5.79 Å². The fourth-order valence-corrected chi connectivity index (χ4v) is 5.74. The van der Waals surface area contributed by atoms with E-state index in [2.05, 4.69) is 0 Å². The quantitative estimate of drug-likeness (QED) is 0.712. The van der Waals surface area contributed by atoms with E-state index in [1.165, 1.54) is 26.4 Å². The predicted molar refractivity (Wildman–Crippen MR) is 86.9 cm³/mol. The van der Waals surface area contributed by atoms with Crippen molar-refractivity contribution in [3.63, 3.8) is 0 Å². The highest BCUT2D eigenvalue weighted by molar-refractivity contribution is 5.69. The molecule has 140 valence electrons. The van der Waals surface area contributed by atoms with E-state index in [0.717, 1.165) is 38.5 Å². The highest BCUT2D eigenvalue weighted by atomic mass is 16.8. The molecule has 0 radical (unpaired) electrons. The van der Waals surface area contributed by atoms with Gasteiger partial charge in [0.05, 0.1) is 43.5 Å². The summed E-state index contributed by atoms with van der Waals surface area (Å²) in [7, 11) is 1.43. The summed E-state index contributed by atoms with van der Waals surface area (Å²) in [6.45, 7) is 0. The van der Waals surface area contributed by atoms with Gasteiger partial charge in [0.25, 0.3) is 0 Å². The van der Waals surface area contributed by atoms with Gasteiger partial charge in [-0.05, 0) is 25.7 Å². The van der Waals surface area contributed by atoms with Gasteiger partial charge < -0.3 is 23.7 Å². The van der Waals surface area contributed by atoms with Crippen molar-refractivity contribution in [2.24, 2.45) is 0 Å². The Morgan fingerprint density at radius 2 is 1.84 bits per heavy atom. The standard InChI is InChI=1S/C19H28O6/c1-21-16(20)9-12-5-6-15-18(23-12)10-13(22-15)17-14(11-18)24-19(25-17)7-3-2-4-8-19/h12-15,17H,2-11H2,1H3/t12-,13-,14?,15+,17+,18-/m1/s1. The van der Waals surface area contributed by atoms with Crippen molar-refractivity contribution in [2.45, 2.75) is 106 Å². The third-order valence-electron chi connectivity index (χ3n) is 6.86. The first kappa shape index (κ1) is 16.5. The van der Waals surface area contributed by atoms with Crippen LogP contribution in [0.15, 0.2) is 0 Å². The van der Waals surface area contributed by atoms with Crippen molar-refractivity contribution in [3.8, 4) is 0 Å². The third-order valence-corrected chi connectivity index (χ3v) is 6.86. The van der Waals surface area contributed by atoms with Gasteiger partial charge in [-0.1, -0.05) is 6.42 Å². The molecule has 6 heteroatoms. The second-order valence-corrected chi connectivity index (χ2v) is 8.44. The molecule has 0 aromatic carbocycles. The number of esters is 1. The molecule has 3 saturated heterocycles. The first-order chi connectivity index (χ1) is 12.1. The van der Waals surface area contributed by atoms with Crippen LogP contribution in [0, 0.1) is 0 Å². The Morgan fingerprint density at radius 3 is 2.64 bits per heavy atom. The van der Waals surface area contributed by atoms with Gasteiger partial charge in [-0.3, -0.25) is 4.79 Å². The molecule has 6 atom stereocenters. The Balaban J connectivity index is 1.33. The van der Waals surface area contributed by atoms with E-state index in [4.69, 9.17) is 23.7 Å².